The Morgan fingerprint density at radius 3 is 3.12 bits per heavy atom. The molecule has 0 spiro atoms. The zero-order valence-electron chi connectivity index (χ0n) is 8.73. The van der Waals surface area contributed by atoms with E-state index in [1.807, 2.05) is 13.0 Å². The summed E-state index contributed by atoms with van der Waals surface area (Å²) in [5, 5.41) is 12.4. The average molecular weight is 218 g/mol. The van der Waals surface area contributed by atoms with Crippen molar-refractivity contribution in [2.45, 2.75) is 13.5 Å². The van der Waals surface area contributed by atoms with Gasteiger partial charge in [-0.1, -0.05) is 5.16 Å². The van der Waals surface area contributed by atoms with E-state index in [0.717, 1.165) is 0 Å². The van der Waals surface area contributed by atoms with E-state index in [4.69, 9.17) is 14.5 Å². The Balaban J connectivity index is 2.15. The molecule has 0 radical (unpaired) electrons. The van der Waals surface area contributed by atoms with Crippen molar-refractivity contribution in [3.8, 4) is 17.7 Å². The van der Waals surface area contributed by atoms with E-state index in [-0.39, 0.29) is 0 Å². The van der Waals surface area contributed by atoms with Gasteiger partial charge in [-0.15, -0.1) is 0 Å². The van der Waals surface area contributed by atoms with Crippen LogP contribution in [0.4, 0.5) is 0 Å². The van der Waals surface area contributed by atoms with Crippen molar-refractivity contribution in [3.63, 3.8) is 0 Å². The van der Waals surface area contributed by atoms with Gasteiger partial charge in [-0.3, -0.25) is 0 Å². The number of ether oxygens (including phenoxy) is 1. The third-order valence-electron chi connectivity index (χ3n) is 1.94. The number of hydrogen-bond donors (Lipinski definition) is 1. The van der Waals surface area contributed by atoms with E-state index in [9.17, 15) is 0 Å². The summed E-state index contributed by atoms with van der Waals surface area (Å²) in [6.07, 6.45) is 0. The minimum absolute atomic E-state index is 0.325. The maximum absolute atomic E-state index is 8.65. The van der Waals surface area contributed by atoms with E-state index in [1.165, 1.54) is 0 Å². The van der Waals surface area contributed by atoms with Gasteiger partial charge in [0.2, 0.25) is 0 Å². The van der Waals surface area contributed by atoms with Crippen LogP contribution in [0.5, 0.6) is 0 Å². The molecule has 0 saturated heterocycles. The molecule has 0 fully saturated rings. The van der Waals surface area contributed by atoms with Crippen LogP contribution in [0.2, 0.25) is 0 Å². The highest BCUT2D eigenvalue weighted by molar-refractivity contribution is 5.49. The first kappa shape index (κ1) is 10.4. The average Bonchev–Trinajstić information content (AvgIpc) is 2.94. The van der Waals surface area contributed by atoms with Crippen LogP contribution in [0.15, 0.2) is 16.7 Å². The molecule has 0 atom stereocenters. The number of aromatic amines is 1. The van der Waals surface area contributed by atoms with Gasteiger partial charge >= 0.3 is 0 Å². The Morgan fingerprint density at radius 2 is 2.44 bits per heavy atom. The Bertz CT molecular complexity index is 509. The molecule has 0 bridgehead atoms. The first-order valence-corrected chi connectivity index (χ1v) is 4.83. The van der Waals surface area contributed by atoms with Crippen molar-refractivity contribution in [1.29, 1.82) is 5.26 Å². The quantitative estimate of drug-likeness (QED) is 0.839. The Hall–Kier alpha value is -2.13. The molecule has 0 aliphatic rings. The normalized spacial score (nSPS) is 10.2. The van der Waals surface area contributed by atoms with E-state index in [1.54, 1.807) is 12.1 Å². The summed E-state index contributed by atoms with van der Waals surface area (Å²) in [6, 6.07) is 5.36. The molecule has 16 heavy (non-hydrogen) atoms. The summed E-state index contributed by atoms with van der Waals surface area (Å²) in [7, 11) is 0. The summed E-state index contributed by atoms with van der Waals surface area (Å²) >= 11 is 0. The van der Waals surface area contributed by atoms with Crippen molar-refractivity contribution in [2.24, 2.45) is 0 Å². The topological polar surface area (TPSA) is 87.7 Å². The lowest BCUT2D eigenvalue weighted by molar-refractivity contribution is 0.126. The van der Waals surface area contributed by atoms with Gasteiger partial charge in [0.15, 0.2) is 5.82 Å². The molecular formula is C10H10N4O2. The van der Waals surface area contributed by atoms with Gasteiger partial charge in [-0.2, -0.15) is 10.2 Å². The molecule has 0 amide bonds. The fourth-order valence-corrected chi connectivity index (χ4v) is 1.20. The fourth-order valence-electron chi connectivity index (χ4n) is 1.20. The first-order chi connectivity index (χ1) is 7.83. The minimum Gasteiger partial charge on any atom is -0.374 e. The van der Waals surface area contributed by atoms with Crippen LogP contribution < -0.4 is 0 Å². The zero-order chi connectivity index (χ0) is 11.4. The molecule has 0 aliphatic heterocycles. The van der Waals surface area contributed by atoms with Gasteiger partial charge in [-0.05, 0) is 19.1 Å². The molecular weight excluding hydrogens is 208 g/mol. The Kier molecular flexibility index (Phi) is 2.98. The van der Waals surface area contributed by atoms with Crippen LogP contribution in [0.1, 0.15) is 18.4 Å². The lowest BCUT2D eigenvalue weighted by atomic mass is 10.4. The molecule has 82 valence electrons. The predicted octanol–water partition coefficient (Wildman–Crippen LogP) is 1.47. The monoisotopic (exact) mass is 218 g/mol. The van der Waals surface area contributed by atoms with Crippen LogP contribution in [-0.4, -0.2) is 21.7 Å². The number of rotatable bonds is 4. The third-order valence-corrected chi connectivity index (χ3v) is 1.94. The van der Waals surface area contributed by atoms with Crippen LogP contribution in [0.25, 0.3) is 11.6 Å². The molecule has 2 aromatic heterocycles. The minimum atomic E-state index is 0.325. The van der Waals surface area contributed by atoms with Gasteiger partial charge in [0.1, 0.15) is 24.1 Å². The molecule has 2 rings (SSSR count). The van der Waals surface area contributed by atoms with Gasteiger partial charge < -0.3 is 14.2 Å². The second-order valence-corrected chi connectivity index (χ2v) is 3.05. The largest absolute Gasteiger partial charge is 0.374 e. The number of aromatic nitrogens is 3. The second kappa shape index (κ2) is 4.59. The molecule has 0 saturated carbocycles. The number of H-pyrrole nitrogens is 1. The first-order valence-electron chi connectivity index (χ1n) is 4.83. The van der Waals surface area contributed by atoms with Gasteiger partial charge in [0, 0.05) is 6.61 Å². The van der Waals surface area contributed by atoms with Crippen molar-refractivity contribution in [2.75, 3.05) is 6.61 Å². The van der Waals surface area contributed by atoms with Gasteiger partial charge in [-0.25, -0.2) is 0 Å². The van der Waals surface area contributed by atoms with Crippen LogP contribution in [0, 0.1) is 11.3 Å². The zero-order valence-corrected chi connectivity index (χ0v) is 8.73. The molecule has 0 aromatic carbocycles. The number of nitriles is 1. The van der Waals surface area contributed by atoms with E-state index in [2.05, 4.69) is 15.1 Å². The summed E-state index contributed by atoms with van der Waals surface area (Å²) in [5.41, 5.74) is 1.09. The summed E-state index contributed by atoms with van der Waals surface area (Å²) in [5.74, 6) is 0.848. The van der Waals surface area contributed by atoms with E-state index in [0.29, 0.717) is 36.3 Å². The number of nitrogens with zero attached hydrogens (tertiary/aromatic N) is 3. The summed E-state index contributed by atoms with van der Waals surface area (Å²) < 4.78 is 10.2. The van der Waals surface area contributed by atoms with Crippen LogP contribution >= 0.6 is 0 Å². The summed E-state index contributed by atoms with van der Waals surface area (Å²) in [4.78, 5) is 6.97. The molecule has 2 aromatic rings. The highest BCUT2D eigenvalue weighted by Gasteiger charge is 2.10. The highest BCUT2D eigenvalue weighted by atomic mass is 16.5. The van der Waals surface area contributed by atoms with Crippen molar-refractivity contribution < 1.29 is 9.26 Å². The van der Waals surface area contributed by atoms with Crippen molar-refractivity contribution >= 4 is 0 Å². The van der Waals surface area contributed by atoms with Crippen LogP contribution in [0.3, 0.4) is 0 Å². The lowest BCUT2D eigenvalue weighted by Crippen LogP contribution is -1.93. The molecule has 0 aliphatic carbocycles. The van der Waals surface area contributed by atoms with Crippen LogP contribution in [-0.2, 0) is 11.3 Å². The SMILES string of the molecule is CCOCc1noc(-c2ccc(C#N)[nH]2)n1. The molecule has 2 heterocycles. The predicted molar refractivity (Wildman–Crippen MR) is 54.1 cm³/mol. The van der Waals surface area contributed by atoms with Crippen molar-refractivity contribution in [3.05, 3.63) is 23.7 Å². The van der Waals surface area contributed by atoms with E-state index >= 15 is 0 Å². The number of nitrogens with one attached hydrogen (secondary N) is 1. The maximum atomic E-state index is 8.65. The van der Waals surface area contributed by atoms with Gasteiger partial charge in [0.05, 0.1) is 0 Å². The lowest BCUT2D eigenvalue weighted by Gasteiger charge is -1.91. The third kappa shape index (κ3) is 2.10. The van der Waals surface area contributed by atoms with E-state index < -0.39 is 0 Å². The molecule has 6 heteroatoms. The maximum Gasteiger partial charge on any atom is 0.274 e. The highest BCUT2D eigenvalue weighted by Crippen LogP contribution is 2.16. The standard InChI is InChI=1S/C10H10N4O2/c1-2-15-6-9-13-10(16-14-9)8-4-3-7(5-11)12-8/h3-4,12H,2,6H2,1H3. The Morgan fingerprint density at radius 1 is 1.56 bits per heavy atom. The molecule has 0 unspecified atom stereocenters. The fraction of sp³-hybridized carbons (Fsp3) is 0.300. The second-order valence-electron chi connectivity index (χ2n) is 3.05. The Labute approximate surface area is 91.8 Å². The molecule has 6 nitrogen and oxygen atoms in total. The summed E-state index contributed by atoms with van der Waals surface area (Å²) in [6.45, 7) is 2.82. The number of hydrogen-bond acceptors (Lipinski definition) is 5. The smallest absolute Gasteiger partial charge is 0.274 e. The molecule has 1 N–H and O–H groups in total. The van der Waals surface area contributed by atoms with Crippen molar-refractivity contribution in [1.82, 2.24) is 15.1 Å². The van der Waals surface area contributed by atoms with Gasteiger partial charge in [0.25, 0.3) is 5.89 Å².